The summed E-state index contributed by atoms with van der Waals surface area (Å²) in [5, 5.41) is 8.13. The largest absolute Gasteiger partial charge is 0.569 e. The normalized spacial score (nSPS) is 9.11. The number of halogens is 3. The maximum atomic E-state index is 12.5. The Hall–Kier alpha value is -1.40. The smallest absolute Gasteiger partial charge is 0.535 e. The second kappa shape index (κ2) is 7.84. The van der Waals surface area contributed by atoms with Crippen LogP contribution in [0.15, 0.2) is 53.0 Å². The van der Waals surface area contributed by atoms with Crippen molar-refractivity contribution in [1.82, 2.24) is 0 Å². The molecule has 0 heterocycles. The van der Waals surface area contributed by atoms with Gasteiger partial charge in [-0.25, -0.2) is 8.78 Å². The quantitative estimate of drug-likeness (QED) is 0.862. The van der Waals surface area contributed by atoms with Crippen LogP contribution >= 0.6 is 15.9 Å². The van der Waals surface area contributed by atoms with Gasteiger partial charge in [-0.05, 0) is 40.2 Å². The van der Waals surface area contributed by atoms with Crippen LogP contribution in [-0.4, -0.2) is 12.7 Å². The highest BCUT2D eigenvalue weighted by atomic mass is 79.9. The Morgan fingerprint density at radius 3 is 1.94 bits per heavy atom. The Balaban J connectivity index is 0.000000184. The highest BCUT2D eigenvalue weighted by Gasteiger charge is 1.99. The first-order chi connectivity index (χ1) is 8.65. The summed E-state index contributed by atoms with van der Waals surface area (Å²) in [6, 6.07) is 12.3. The molecule has 2 nitrogen and oxygen atoms in total. The summed E-state index contributed by atoms with van der Waals surface area (Å²) in [4.78, 5) is 0. The third-order valence-corrected chi connectivity index (χ3v) is 2.48. The molecule has 0 aromatic heterocycles. The van der Waals surface area contributed by atoms with Crippen molar-refractivity contribution in [3.05, 3.63) is 64.6 Å². The van der Waals surface area contributed by atoms with Crippen LogP contribution in [-0.2, 0) is 0 Å². The standard InChI is InChI=1S/C6H5BFO2.C6H4BrF/c8-5-3-1-2-4-6(5)10-7-9;7-5-3-1-2-4-6(5)8/h1-4,9H;1-4H. The first-order valence-electron chi connectivity index (χ1n) is 4.92. The molecule has 18 heavy (non-hydrogen) atoms. The van der Waals surface area contributed by atoms with E-state index in [1.54, 1.807) is 30.3 Å². The summed E-state index contributed by atoms with van der Waals surface area (Å²) >= 11 is 3.02. The average Bonchev–Trinajstić information content (AvgIpc) is 2.37. The Kier molecular flexibility index (Phi) is 6.39. The van der Waals surface area contributed by atoms with Crippen LogP contribution in [0.1, 0.15) is 0 Å². The lowest BCUT2D eigenvalue weighted by Crippen LogP contribution is -2.00. The van der Waals surface area contributed by atoms with Gasteiger partial charge in [-0.1, -0.05) is 24.3 Å². The van der Waals surface area contributed by atoms with Crippen molar-refractivity contribution in [2.75, 3.05) is 0 Å². The first kappa shape index (κ1) is 14.7. The molecule has 0 fully saturated rings. The lowest BCUT2D eigenvalue weighted by atomic mass is 10.3. The van der Waals surface area contributed by atoms with E-state index in [-0.39, 0.29) is 11.6 Å². The summed E-state index contributed by atoms with van der Waals surface area (Å²) < 4.78 is 29.7. The fourth-order valence-electron chi connectivity index (χ4n) is 1.04. The predicted molar refractivity (Wildman–Crippen MR) is 69.1 cm³/mol. The van der Waals surface area contributed by atoms with Gasteiger partial charge in [0.15, 0.2) is 5.82 Å². The van der Waals surface area contributed by atoms with Crippen molar-refractivity contribution in [1.29, 1.82) is 0 Å². The molecule has 1 radical (unpaired) electrons. The molecule has 0 aliphatic rings. The lowest BCUT2D eigenvalue weighted by molar-refractivity contribution is 0.431. The van der Waals surface area contributed by atoms with Crippen LogP contribution < -0.4 is 4.65 Å². The molecule has 1 N–H and O–H groups in total. The maximum Gasteiger partial charge on any atom is 0.569 e. The third-order valence-electron chi connectivity index (χ3n) is 1.84. The van der Waals surface area contributed by atoms with E-state index in [9.17, 15) is 8.78 Å². The Morgan fingerprint density at radius 1 is 0.944 bits per heavy atom. The van der Waals surface area contributed by atoms with Gasteiger partial charge < -0.3 is 9.68 Å². The lowest BCUT2D eigenvalue weighted by Gasteiger charge is -2.00. The minimum atomic E-state index is -0.493. The second-order valence-electron chi connectivity index (χ2n) is 3.07. The molecular formula is C12H9BBrF2O2. The molecule has 0 aliphatic heterocycles. The highest BCUT2D eigenvalue weighted by Crippen LogP contribution is 2.14. The molecule has 0 aliphatic carbocycles. The molecule has 0 amide bonds. The zero-order valence-electron chi connectivity index (χ0n) is 9.19. The van der Waals surface area contributed by atoms with E-state index in [1.165, 1.54) is 18.2 Å². The van der Waals surface area contributed by atoms with E-state index >= 15 is 0 Å². The Labute approximate surface area is 113 Å². The van der Waals surface area contributed by atoms with E-state index in [2.05, 4.69) is 20.6 Å². The third kappa shape index (κ3) is 4.85. The molecule has 2 rings (SSSR count). The van der Waals surface area contributed by atoms with Crippen molar-refractivity contribution < 1.29 is 18.5 Å². The van der Waals surface area contributed by atoms with E-state index < -0.39 is 5.82 Å². The van der Waals surface area contributed by atoms with Crippen molar-refractivity contribution in [2.45, 2.75) is 0 Å². The SMILES string of the molecule is Fc1ccccc1Br.O[B]Oc1ccccc1F. The van der Waals surface area contributed by atoms with Crippen molar-refractivity contribution in [3.8, 4) is 5.75 Å². The molecular weight excluding hydrogens is 305 g/mol. The molecule has 0 bridgehead atoms. The van der Waals surface area contributed by atoms with Gasteiger partial charge in [0, 0.05) is 0 Å². The van der Waals surface area contributed by atoms with E-state index in [0.29, 0.717) is 12.2 Å². The minimum absolute atomic E-state index is 0.0185. The van der Waals surface area contributed by atoms with Gasteiger partial charge in [0.05, 0.1) is 4.47 Å². The van der Waals surface area contributed by atoms with Gasteiger partial charge in [0.25, 0.3) is 0 Å². The van der Waals surface area contributed by atoms with Crippen molar-refractivity contribution >= 4 is 23.6 Å². The van der Waals surface area contributed by atoms with Crippen LogP contribution in [0, 0.1) is 11.6 Å². The topological polar surface area (TPSA) is 29.5 Å². The first-order valence-corrected chi connectivity index (χ1v) is 5.71. The van der Waals surface area contributed by atoms with Gasteiger partial charge in [0.1, 0.15) is 11.6 Å². The van der Waals surface area contributed by atoms with Crippen molar-refractivity contribution in [3.63, 3.8) is 0 Å². The molecule has 0 saturated heterocycles. The molecule has 0 spiro atoms. The second-order valence-corrected chi connectivity index (χ2v) is 3.92. The summed E-state index contributed by atoms with van der Waals surface area (Å²) in [7, 11) is 0.443. The fourth-order valence-corrected chi connectivity index (χ4v) is 1.32. The van der Waals surface area contributed by atoms with Gasteiger partial charge in [0.2, 0.25) is 0 Å². The fraction of sp³-hybridized carbons (Fsp3) is 0. The molecule has 2 aromatic rings. The van der Waals surface area contributed by atoms with E-state index in [0.717, 1.165) is 0 Å². The molecule has 2 aromatic carbocycles. The maximum absolute atomic E-state index is 12.5. The molecule has 93 valence electrons. The van der Waals surface area contributed by atoms with E-state index in [4.69, 9.17) is 5.02 Å². The van der Waals surface area contributed by atoms with E-state index in [1.807, 2.05) is 0 Å². The van der Waals surface area contributed by atoms with Crippen LogP contribution in [0.3, 0.4) is 0 Å². The Bertz CT molecular complexity index is 476. The summed E-state index contributed by atoms with van der Waals surface area (Å²) in [6.07, 6.45) is 0. The summed E-state index contributed by atoms with van der Waals surface area (Å²) in [5.74, 6) is -0.690. The van der Waals surface area contributed by atoms with Crippen LogP contribution in [0.25, 0.3) is 0 Å². The highest BCUT2D eigenvalue weighted by molar-refractivity contribution is 9.10. The predicted octanol–water partition coefficient (Wildman–Crippen LogP) is 3.32. The van der Waals surface area contributed by atoms with Gasteiger partial charge >= 0.3 is 7.69 Å². The average molecular weight is 314 g/mol. The monoisotopic (exact) mass is 313 g/mol. The van der Waals surface area contributed by atoms with Gasteiger partial charge in [-0.15, -0.1) is 0 Å². The number of para-hydroxylation sites is 1. The number of hydrogen-bond acceptors (Lipinski definition) is 2. The van der Waals surface area contributed by atoms with Crippen molar-refractivity contribution in [2.24, 2.45) is 0 Å². The van der Waals surface area contributed by atoms with Crippen LogP contribution in [0.5, 0.6) is 5.75 Å². The van der Waals surface area contributed by atoms with Crippen LogP contribution in [0.4, 0.5) is 8.78 Å². The van der Waals surface area contributed by atoms with Crippen LogP contribution in [0.2, 0.25) is 0 Å². The molecule has 0 saturated carbocycles. The number of hydrogen-bond donors (Lipinski definition) is 1. The minimum Gasteiger partial charge on any atom is -0.535 e. The Morgan fingerprint density at radius 2 is 1.50 bits per heavy atom. The number of benzene rings is 2. The molecule has 0 atom stereocenters. The van der Waals surface area contributed by atoms with Gasteiger partial charge in [-0.3, -0.25) is 0 Å². The zero-order chi connectivity index (χ0) is 13.4. The summed E-state index contributed by atoms with van der Waals surface area (Å²) in [5.41, 5.74) is 0. The molecule has 6 heteroatoms. The summed E-state index contributed by atoms with van der Waals surface area (Å²) in [6.45, 7) is 0. The zero-order valence-corrected chi connectivity index (χ0v) is 10.8. The molecule has 0 unspecified atom stereocenters. The number of rotatable bonds is 2. The van der Waals surface area contributed by atoms with Gasteiger partial charge in [-0.2, -0.15) is 0 Å².